The number of aromatic nitrogens is 1. The van der Waals surface area contributed by atoms with E-state index in [1.807, 2.05) is 13.0 Å². The maximum Gasteiger partial charge on any atom is 0.170 e. The molecule has 1 aromatic heterocycles. The second-order valence-corrected chi connectivity index (χ2v) is 7.28. The van der Waals surface area contributed by atoms with E-state index >= 15 is 0 Å². The average Bonchev–Trinajstić information content (AvgIpc) is 2.92. The molecule has 1 heterocycles. The Balaban J connectivity index is 2.18. The summed E-state index contributed by atoms with van der Waals surface area (Å²) in [5.74, 6) is -0.388. The van der Waals surface area contributed by atoms with Crippen molar-refractivity contribution in [2.45, 2.75) is 46.0 Å². The molecule has 1 aliphatic rings. The molecule has 0 saturated heterocycles. The lowest BCUT2D eigenvalue weighted by Crippen LogP contribution is -2.20. The van der Waals surface area contributed by atoms with Crippen LogP contribution in [0.5, 0.6) is 0 Å². The van der Waals surface area contributed by atoms with Gasteiger partial charge in [-0.3, -0.25) is 9.59 Å². The quantitative estimate of drug-likeness (QED) is 0.506. The number of rotatable bonds is 2. The smallest absolute Gasteiger partial charge is 0.170 e. The fourth-order valence-electron chi connectivity index (χ4n) is 2.86. The first-order chi connectivity index (χ1) is 10.9. The Bertz CT molecular complexity index is 827. The minimum atomic E-state index is -0.264. The highest BCUT2D eigenvalue weighted by atomic mass is 32.1. The van der Waals surface area contributed by atoms with Crippen molar-refractivity contribution in [3.63, 3.8) is 0 Å². The molecule has 0 unspecified atom stereocenters. The van der Waals surface area contributed by atoms with E-state index in [2.05, 4.69) is 18.8 Å². The largest absolute Gasteiger partial charge is 0.506 e. The van der Waals surface area contributed by atoms with Crippen LogP contribution in [0.3, 0.4) is 0 Å². The molecule has 120 valence electrons. The highest BCUT2D eigenvalue weighted by Crippen LogP contribution is 2.34. The molecule has 0 atom stereocenters. The van der Waals surface area contributed by atoms with Crippen LogP contribution in [0, 0.1) is 6.92 Å². The summed E-state index contributed by atoms with van der Waals surface area (Å²) in [5.41, 5.74) is 2.12. The zero-order valence-electron chi connectivity index (χ0n) is 13.5. The number of nitrogens with zero attached hydrogens (tertiary/aromatic N) is 1. The minimum Gasteiger partial charge on any atom is -0.506 e. The average molecular weight is 329 g/mol. The van der Waals surface area contributed by atoms with Crippen LogP contribution in [0.2, 0.25) is 0 Å². The lowest BCUT2D eigenvalue weighted by atomic mass is 9.89. The Hall–Kier alpha value is -2.01. The molecule has 1 aliphatic carbocycles. The third kappa shape index (κ3) is 2.70. The Labute approximate surface area is 138 Å². The number of aliphatic hydroxyl groups excluding tert-OH is 1. The van der Waals surface area contributed by atoms with Gasteiger partial charge >= 0.3 is 0 Å². The van der Waals surface area contributed by atoms with E-state index in [9.17, 15) is 14.7 Å². The van der Waals surface area contributed by atoms with Gasteiger partial charge in [-0.2, -0.15) is 0 Å². The van der Waals surface area contributed by atoms with Gasteiger partial charge in [0.2, 0.25) is 0 Å². The Kier molecular flexibility index (Phi) is 4.06. The third-order valence-corrected chi connectivity index (χ3v) is 5.50. The van der Waals surface area contributed by atoms with Gasteiger partial charge in [0.15, 0.2) is 11.6 Å². The molecule has 3 rings (SSSR count). The maximum atomic E-state index is 12.0. The van der Waals surface area contributed by atoms with E-state index in [1.165, 1.54) is 0 Å². The number of carbonyl (C=O) groups is 2. The molecular formula is C18H19NO3S. The van der Waals surface area contributed by atoms with Gasteiger partial charge in [0.05, 0.1) is 15.2 Å². The first kappa shape index (κ1) is 15.9. The topological polar surface area (TPSA) is 67.3 Å². The standard InChI is InChI=1S/C18H19NO3S/c1-9(2)18-19-16-10(3)11(7-8-14(16)23-18)17(22)15-12(20)5-4-6-13(15)21/h7-9,22H,4-6H2,1-3H3. The fraction of sp³-hybridized carbons (Fsp3) is 0.389. The van der Waals surface area contributed by atoms with E-state index < -0.39 is 0 Å². The summed E-state index contributed by atoms with van der Waals surface area (Å²) < 4.78 is 1.05. The predicted molar refractivity (Wildman–Crippen MR) is 91.9 cm³/mol. The van der Waals surface area contributed by atoms with Crippen molar-refractivity contribution < 1.29 is 14.7 Å². The SMILES string of the molecule is Cc1c(C(O)=C2C(=O)CCCC2=O)ccc2sc(C(C)C)nc12. The molecule has 5 heteroatoms. The molecule has 1 aromatic carbocycles. The Morgan fingerprint density at radius 3 is 2.48 bits per heavy atom. The van der Waals surface area contributed by atoms with Gasteiger partial charge < -0.3 is 5.11 Å². The fourth-order valence-corrected chi connectivity index (χ4v) is 3.89. The number of fused-ring (bicyclic) bond motifs is 1. The monoisotopic (exact) mass is 329 g/mol. The van der Waals surface area contributed by atoms with Crippen molar-refractivity contribution in [2.24, 2.45) is 0 Å². The molecule has 0 radical (unpaired) electrons. The van der Waals surface area contributed by atoms with Gasteiger partial charge in [0, 0.05) is 24.3 Å². The van der Waals surface area contributed by atoms with E-state index in [0.717, 1.165) is 20.8 Å². The molecule has 23 heavy (non-hydrogen) atoms. The highest BCUT2D eigenvalue weighted by molar-refractivity contribution is 7.18. The Morgan fingerprint density at radius 1 is 1.22 bits per heavy atom. The zero-order chi connectivity index (χ0) is 16.7. The summed E-state index contributed by atoms with van der Waals surface area (Å²) >= 11 is 1.63. The molecule has 0 bridgehead atoms. The second-order valence-electron chi connectivity index (χ2n) is 6.22. The van der Waals surface area contributed by atoms with Crippen molar-refractivity contribution in [3.05, 3.63) is 33.8 Å². The van der Waals surface area contributed by atoms with Crippen LogP contribution >= 0.6 is 11.3 Å². The van der Waals surface area contributed by atoms with Crippen LogP contribution in [0.4, 0.5) is 0 Å². The second kappa shape index (κ2) is 5.89. The summed E-state index contributed by atoms with van der Waals surface area (Å²) in [4.78, 5) is 28.7. The highest BCUT2D eigenvalue weighted by Gasteiger charge is 2.28. The van der Waals surface area contributed by atoms with Gasteiger partial charge in [-0.1, -0.05) is 13.8 Å². The van der Waals surface area contributed by atoms with Crippen molar-refractivity contribution in [2.75, 3.05) is 0 Å². The van der Waals surface area contributed by atoms with Crippen LogP contribution in [0.1, 0.15) is 55.2 Å². The number of aliphatic hydroxyl groups is 1. The number of Topliss-reactive ketones (excluding diaryl/α,β-unsaturated/α-hetero) is 2. The normalized spacial score (nSPS) is 15.7. The lowest BCUT2D eigenvalue weighted by Gasteiger charge is -2.15. The van der Waals surface area contributed by atoms with Crippen molar-refractivity contribution in [3.8, 4) is 0 Å². The number of hydrogen-bond acceptors (Lipinski definition) is 5. The van der Waals surface area contributed by atoms with Crippen LogP contribution in [-0.4, -0.2) is 21.7 Å². The number of allylic oxidation sites excluding steroid dienone is 1. The van der Waals surface area contributed by atoms with Crippen molar-refractivity contribution >= 4 is 38.9 Å². The molecule has 0 spiro atoms. The number of carbonyl (C=O) groups excluding carboxylic acids is 2. The number of thiazole rings is 1. The van der Waals surface area contributed by atoms with Gasteiger partial charge in [0.1, 0.15) is 11.3 Å². The van der Waals surface area contributed by atoms with E-state index in [4.69, 9.17) is 0 Å². The van der Waals surface area contributed by atoms with Crippen LogP contribution in [-0.2, 0) is 9.59 Å². The Morgan fingerprint density at radius 2 is 1.87 bits per heavy atom. The molecule has 2 aromatic rings. The maximum absolute atomic E-state index is 12.0. The van der Waals surface area contributed by atoms with Gasteiger partial charge in [-0.15, -0.1) is 11.3 Å². The van der Waals surface area contributed by atoms with Gasteiger partial charge in [0.25, 0.3) is 0 Å². The first-order valence-electron chi connectivity index (χ1n) is 7.80. The number of benzene rings is 1. The van der Waals surface area contributed by atoms with E-state index in [0.29, 0.717) is 30.7 Å². The minimum absolute atomic E-state index is 0.0435. The van der Waals surface area contributed by atoms with Crippen molar-refractivity contribution in [1.29, 1.82) is 0 Å². The summed E-state index contributed by atoms with van der Waals surface area (Å²) in [7, 11) is 0. The molecule has 1 fully saturated rings. The lowest BCUT2D eigenvalue weighted by molar-refractivity contribution is -0.123. The molecule has 4 nitrogen and oxygen atoms in total. The van der Waals surface area contributed by atoms with Crippen LogP contribution < -0.4 is 0 Å². The zero-order valence-corrected chi connectivity index (χ0v) is 14.3. The summed E-state index contributed by atoms with van der Waals surface area (Å²) in [6, 6.07) is 3.67. The van der Waals surface area contributed by atoms with E-state index in [1.54, 1.807) is 17.4 Å². The van der Waals surface area contributed by atoms with E-state index in [-0.39, 0.29) is 22.9 Å². The van der Waals surface area contributed by atoms with Crippen LogP contribution in [0.25, 0.3) is 16.0 Å². The molecular weight excluding hydrogens is 310 g/mol. The van der Waals surface area contributed by atoms with Gasteiger partial charge in [-0.05, 0) is 31.0 Å². The summed E-state index contributed by atoms with van der Waals surface area (Å²) in [6.07, 6.45) is 1.21. The molecule has 1 saturated carbocycles. The summed E-state index contributed by atoms with van der Waals surface area (Å²) in [6.45, 7) is 6.05. The molecule has 0 amide bonds. The molecule has 1 N–H and O–H groups in total. The number of aryl methyl sites for hydroxylation is 1. The molecule has 0 aliphatic heterocycles. The predicted octanol–water partition coefficient (Wildman–Crippen LogP) is 4.32. The third-order valence-electron chi connectivity index (χ3n) is 4.18. The van der Waals surface area contributed by atoms with Gasteiger partial charge in [-0.25, -0.2) is 4.98 Å². The summed E-state index contributed by atoms with van der Waals surface area (Å²) in [5, 5.41) is 11.6. The first-order valence-corrected chi connectivity index (χ1v) is 8.61. The number of ketones is 2. The van der Waals surface area contributed by atoms with Crippen molar-refractivity contribution in [1.82, 2.24) is 4.98 Å². The van der Waals surface area contributed by atoms with Crippen LogP contribution in [0.15, 0.2) is 17.7 Å². The number of hydrogen-bond donors (Lipinski definition) is 1.